The first kappa shape index (κ1) is 18.0. The molecular weight excluding hydrogens is 286 g/mol. The van der Waals surface area contributed by atoms with Gasteiger partial charge < -0.3 is 4.74 Å². The van der Waals surface area contributed by atoms with Crippen LogP contribution in [0.5, 0.6) is 0 Å². The van der Waals surface area contributed by atoms with Crippen LogP contribution in [0.15, 0.2) is 30.3 Å². The number of hydrogen-bond acceptors (Lipinski definition) is 3. The van der Waals surface area contributed by atoms with Gasteiger partial charge in [-0.05, 0) is 45.3 Å². The zero-order chi connectivity index (χ0) is 16.9. The Hall–Kier alpha value is -1.35. The molecule has 3 nitrogen and oxygen atoms in total. The van der Waals surface area contributed by atoms with Gasteiger partial charge in [0, 0.05) is 5.54 Å². The van der Waals surface area contributed by atoms with Gasteiger partial charge in [0.1, 0.15) is 6.61 Å². The molecule has 128 valence electrons. The second-order valence-electron chi connectivity index (χ2n) is 7.22. The first-order valence-electron chi connectivity index (χ1n) is 8.94. The van der Waals surface area contributed by atoms with E-state index in [-0.39, 0.29) is 11.5 Å². The molecule has 0 saturated heterocycles. The van der Waals surface area contributed by atoms with Crippen LogP contribution in [0.3, 0.4) is 0 Å². The van der Waals surface area contributed by atoms with Crippen LogP contribution < -0.4 is 0 Å². The highest BCUT2D eigenvalue weighted by Gasteiger charge is 2.44. The second-order valence-corrected chi connectivity index (χ2v) is 7.22. The molecule has 1 aromatic rings. The third kappa shape index (κ3) is 3.77. The number of hydrogen-bond donors (Lipinski definition) is 0. The van der Waals surface area contributed by atoms with Crippen molar-refractivity contribution in [2.24, 2.45) is 0 Å². The van der Waals surface area contributed by atoms with E-state index in [1.807, 2.05) is 18.2 Å². The summed E-state index contributed by atoms with van der Waals surface area (Å²) in [5.74, 6) is -0.0403. The summed E-state index contributed by atoms with van der Waals surface area (Å²) in [4.78, 5) is 15.3. The molecule has 0 N–H and O–H groups in total. The SMILES string of the molecule is CCN(CC)C(C)(C)COC(=O)C1(c2ccccc2)CCCC1. The van der Waals surface area contributed by atoms with Gasteiger partial charge in [0.05, 0.1) is 5.41 Å². The molecule has 0 spiro atoms. The molecule has 1 fully saturated rings. The van der Waals surface area contributed by atoms with Crippen LogP contribution in [-0.4, -0.2) is 36.1 Å². The number of carbonyl (C=O) groups excluding carboxylic acids is 1. The van der Waals surface area contributed by atoms with Gasteiger partial charge in [0.25, 0.3) is 0 Å². The van der Waals surface area contributed by atoms with Crippen LogP contribution in [0.25, 0.3) is 0 Å². The zero-order valence-electron chi connectivity index (χ0n) is 15.1. The van der Waals surface area contributed by atoms with Crippen LogP contribution in [0.4, 0.5) is 0 Å². The molecule has 0 atom stereocenters. The van der Waals surface area contributed by atoms with E-state index in [1.54, 1.807) is 0 Å². The minimum Gasteiger partial charge on any atom is -0.463 e. The van der Waals surface area contributed by atoms with Crippen LogP contribution in [-0.2, 0) is 14.9 Å². The topological polar surface area (TPSA) is 29.5 Å². The Bertz CT molecular complexity index is 500. The number of likely N-dealkylation sites (N-methyl/N-ethyl adjacent to an activating group) is 1. The lowest BCUT2D eigenvalue weighted by Gasteiger charge is -2.37. The molecule has 0 bridgehead atoms. The maximum atomic E-state index is 13.0. The summed E-state index contributed by atoms with van der Waals surface area (Å²) < 4.78 is 5.85. The second kappa shape index (κ2) is 7.48. The third-order valence-corrected chi connectivity index (χ3v) is 5.35. The van der Waals surface area contributed by atoms with Crippen molar-refractivity contribution in [1.82, 2.24) is 4.90 Å². The van der Waals surface area contributed by atoms with Gasteiger partial charge in [-0.15, -0.1) is 0 Å². The Balaban J connectivity index is 2.11. The highest BCUT2D eigenvalue weighted by molar-refractivity contribution is 5.83. The van der Waals surface area contributed by atoms with Gasteiger partial charge >= 0.3 is 5.97 Å². The van der Waals surface area contributed by atoms with Gasteiger partial charge in [0.2, 0.25) is 0 Å². The molecule has 0 radical (unpaired) electrons. The first-order valence-corrected chi connectivity index (χ1v) is 8.94. The van der Waals surface area contributed by atoms with Gasteiger partial charge in [-0.1, -0.05) is 57.0 Å². The van der Waals surface area contributed by atoms with E-state index in [9.17, 15) is 4.79 Å². The van der Waals surface area contributed by atoms with Crippen molar-refractivity contribution in [2.45, 2.75) is 64.3 Å². The normalized spacial score (nSPS) is 17.4. The molecule has 0 aliphatic heterocycles. The van der Waals surface area contributed by atoms with Crippen LogP contribution in [0.2, 0.25) is 0 Å². The van der Waals surface area contributed by atoms with Crippen LogP contribution in [0, 0.1) is 0 Å². The molecule has 1 aliphatic rings. The molecule has 3 heteroatoms. The maximum absolute atomic E-state index is 13.0. The van der Waals surface area contributed by atoms with Crippen molar-refractivity contribution < 1.29 is 9.53 Å². The van der Waals surface area contributed by atoms with Gasteiger partial charge in [0.15, 0.2) is 0 Å². The van der Waals surface area contributed by atoms with Crippen LogP contribution in [0.1, 0.15) is 58.9 Å². The molecule has 23 heavy (non-hydrogen) atoms. The molecule has 0 unspecified atom stereocenters. The molecule has 1 aromatic carbocycles. The van der Waals surface area contributed by atoms with E-state index in [0.717, 1.165) is 44.3 Å². The van der Waals surface area contributed by atoms with Crippen molar-refractivity contribution in [3.05, 3.63) is 35.9 Å². The summed E-state index contributed by atoms with van der Waals surface area (Å²) in [7, 11) is 0. The molecule has 0 aromatic heterocycles. The number of rotatable bonds is 7. The summed E-state index contributed by atoms with van der Waals surface area (Å²) >= 11 is 0. The highest BCUT2D eigenvalue weighted by Crippen LogP contribution is 2.42. The van der Waals surface area contributed by atoms with E-state index in [4.69, 9.17) is 4.74 Å². The Kier molecular flexibility index (Phi) is 5.85. The number of ether oxygens (including phenoxy) is 1. The summed E-state index contributed by atoms with van der Waals surface area (Å²) in [5, 5.41) is 0. The fraction of sp³-hybridized carbons (Fsp3) is 0.650. The minimum absolute atomic E-state index is 0.0403. The van der Waals surface area contributed by atoms with Crippen molar-refractivity contribution in [2.75, 3.05) is 19.7 Å². The first-order chi connectivity index (χ1) is 11.0. The summed E-state index contributed by atoms with van der Waals surface area (Å²) in [6, 6.07) is 10.2. The smallest absolute Gasteiger partial charge is 0.316 e. The van der Waals surface area contributed by atoms with E-state index in [2.05, 4.69) is 44.7 Å². The van der Waals surface area contributed by atoms with E-state index >= 15 is 0 Å². The fourth-order valence-corrected chi connectivity index (χ4v) is 3.90. The Labute approximate surface area is 141 Å². The quantitative estimate of drug-likeness (QED) is 0.707. The van der Waals surface area contributed by atoms with E-state index in [0.29, 0.717) is 6.61 Å². The predicted molar refractivity (Wildman–Crippen MR) is 94.5 cm³/mol. The summed E-state index contributed by atoms with van der Waals surface area (Å²) in [6.45, 7) is 11.0. The summed E-state index contributed by atoms with van der Waals surface area (Å²) in [5.41, 5.74) is 0.555. The van der Waals surface area contributed by atoms with Crippen LogP contribution >= 0.6 is 0 Å². The average Bonchev–Trinajstić information content (AvgIpc) is 3.05. The van der Waals surface area contributed by atoms with Crippen molar-refractivity contribution >= 4 is 5.97 Å². The van der Waals surface area contributed by atoms with Gasteiger partial charge in [-0.2, -0.15) is 0 Å². The van der Waals surface area contributed by atoms with Crippen molar-refractivity contribution in [3.63, 3.8) is 0 Å². The lowest BCUT2D eigenvalue weighted by Crippen LogP contribution is -2.49. The van der Waals surface area contributed by atoms with E-state index in [1.165, 1.54) is 0 Å². The molecule has 0 heterocycles. The highest BCUT2D eigenvalue weighted by atomic mass is 16.5. The maximum Gasteiger partial charge on any atom is 0.316 e. The Morgan fingerprint density at radius 2 is 1.70 bits per heavy atom. The lowest BCUT2D eigenvalue weighted by molar-refractivity contribution is -0.154. The lowest BCUT2D eigenvalue weighted by atomic mass is 9.79. The molecule has 0 amide bonds. The van der Waals surface area contributed by atoms with Gasteiger partial charge in [-0.3, -0.25) is 9.69 Å². The van der Waals surface area contributed by atoms with Crippen molar-refractivity contribution in [1.29, 1.82) is 0 Å². The number of benzene rings is 1. The predicted octanol–water partition coefficient (Wildman–Crippen LogP) is 4.16. The zero-order valence-corrected chi connectivity index (χ0v) is 15.1. The minimum atomic E-state index is -0.430. The monoisotopic (exact) mass is 317 g/mol. The standard InChI is InChI=1S/C20H31NO2/c1-5-21(6-2)19(3,4)16-23-18(22)20(14-10-11-15-20)17-12-8-7-9-13-17/h7-9,12-13H,5-6,10-11,14-16H2,1-4H3. The number of esters is 1. The molecule has 1 saturated carbocycles. The fourth-order valence-electron chi connectivity index (χ4n) is 3.90. The average molecular weight is 317 g/mol. The third-order valence-electron chi connectivity index (χ3n) is 5.35. The van der Waals surface area contributed by atoms with Crippen molar-refractivity contribution in [3.8, 4) is 0 Å². The number of carbonyl (C=O) groups is 1. The van der Waals surface area contributed by atoms with E-state index < -0.39 is 5.41 Å². The summed E-state index contributed by atoms with van der Waals surface area (Å²) in [6.07, 6.45) is 4.01. The molecule has 1 aliphatic carbocycles. The Morgan fingerprint density at radius 3 is 2.22 bits per heavy atom. The molecular formula is C20H31NO2. The number of nitrogens with zero attached hydrogens (tertiary/aromatic N) is 1. The van der Waals surface area contributed by atoms with Gasteiger partial charge in [-0.25, -0.2) is 0 Å². The molecule has 2 rings (SSSR count). The largest absolute Gasteiger partial charge is 0.463 e. The Morgan fingerprint density at radius 1 is 1.13 bits per heavy atom.